The third kappa shape index (κ3) is 1.91. The lowest BCUT2D eigenvalue weighted by molar-refractivity contribution is -0.383. The molecule has 26 heavy (non-hydrogen) atoms. The van der Waals surface area contributed by atoms with Gasteiger partial charge >= 0.3 is 0 Å². The number of ketones is 2. The molecule has 0 atom stereocenters. The van der Waals surface area contributed by atoms with Crippen LogP contribution in [0.3, 0.4) is 0 Å². The first-order valence-electron chi connectivity index (χ1n) is 7.51. The zero-order chi connectivity index (χ0) is 18.7. The molecule has 0 fully saturated rings. The van der Waals surface area contributed by atoms with Crippen LogP contribution < -0.4 is 0 Å². The number of phenols is 1. The number of aromatic nitrogens is 1. The van der Waals surface area contributed by atoms with E-state index in [9.17, 15) is 24.8 Å². The van der Waals surface area contributed by atoms with E-state index in [2.05, 4.69) is 4.98 Å². The summed E-state index contributed by atoms with van der Waals surface area (Å²) in [6.45, 7) is 1.57. The maximum absolute atomic E-state index is 13.1. The zero-order valence-electron chi connectivity index (χ0n) is 13.2. The van der Waals surface area contributed by atoms with Gasteiger partial charge in [-0.3, -0.25) is 19.7 Å². The van der Waals surface area contributed by atoms with Crippen LogP contribution in [0.2, 0.25) is 5.15 Å². The number of rotatable bonds is 1. The van der Waals surface area contributed by atoms with Crippen LogP contribution >= 0.6 is 11.6 Å². The Morgan fingerprint density at radius 3 is 2.31 bits per heavy atom. The SMILES string of the molecule is Cc1cnc(Cl)c2c1C(=O)c1c(c([N+](=O)[O-])c3ccccc3c1O)C2=O. The van der Waals surface area contributed by atoms with Crippen LogP contribution in [0.15, 0.2) is 30.5 Å². The van der Waals surface area contributed by atoms with Crippen molar-refractivity contribution in [1.82, 2.24) is 4.98 Å². The van der Waals surface area contributed by atoms with Gasteiger partial charge in [-0.1, -0.05) is 29.8 Å². The fourth-order valence-corrected chi connectivity index (χ4v) is 3.60. The number of phenolic OH excluding ortho intramolecular Hbond substituents is 1. The van der Waals surface area contributed by atoms with Gasteiger partial charge in [-0.05, 0) is 18.6 Å². The lowest BCUT2D eigenvalue weighted by atomic mass is 9.80. The second kappa shape index (κ2) is 5.34. The largest absolute Gasteiger partial charge is 0.506 e. The first-order valence-corrected chi connectivity index (χ1v) is 7.89. The average molecular weight is 369 g/mol. The maximum Gasteiger partial charge on any atom is 0.289 e. The third-order valence-electron chi connectivity index (χ3n) is 4.47. The molecular formula is C18H9ClN2O5. The van der Waals surface area contributed by atoms with Gasteiger partial charge in [0.05, 0.1) is 21.4 Å². The van der Waals surface area contributed by atoms with Gasteiger partial charge in [0.25, 0.3) is 5.69 Å². The van der Waals surface area contributed by atoms with Gasteiger partial charge in [-0.15, -0.1) is 0 Å². The van der Waals surface area contributed by atoms with Crippen molar-refractivity contribution < 1.29 is 19.6 Å². The number of aromatic hydroxyl groups is 1. The minimum atomic E-state index is -0.802. The van der Waals surface area contributed by atoms with E-state index in [1.54, 1.807) is 19.1 Å². The van der Waals surface area contributed by atoms with E-state index in [0.29, 0.717) is 5.56 Å². The highest BCUT2D eigenvalue weighted by atomic mass is 35.5. The van der Waals surface area contributed by atoms with Crippen molar-refractivity contribution >= 4 is 39.6 Å². The van der Waals surface area contributed by atoms with Gasteiger partial charge in [0.1, 0.15) is 16.5 Å². The quantitative estimate of drug-likeness (QED) is 0.312. The third-order valence-corrected chi connectivity index (χ3v) is 4.76. The van der Waals surface area contributed by atoms with Gasteiger partial charge in [0, 0.05) is 17.1 Å². The van der Waals surface area contributed by atoms with Crippen LogP contribution in [-0.2, 0) is 0 Å². The number of benzene rings is 2. The van der Waals surface area contributed by atoms with Crippen molar-refractivity contribution in [2.24, 2.45) is 0 Å². The summed E-state index contributed by atoms with van der Waals surface area (Å²) in [5.74, 6) is -1.95. The van der Waals surface area contributed by atoms with Crippen molar-refractivity contribution in [3.05, 3.63) is 73.5 Å². The number of pyridine rings is 1. The molecule has 0 aliphatic heterocycles. The number of hydrogen-bond donors (Lipinski definition) is 1. The van der Waals surface area contributed by atoms with E-state index in [0.717, 1.165) is 0 Å². The van der Waals surface area contributed by atoms with E-state index in [1.165, 1.54) is 18.3 Å². The Labute approximate surface area is 151 Å². The van der Waals surface area contributed by atoms with Gasteiger partial charge in [0.15, 0.2) is 5.78 Å². The predicted molar refractivity (Wildman–Crippen MR) is 93.1 cm³/mol. The van der Waals surface area contributed by atoms with Crippen LogP contribution in [-0.4, -0.2) is 26.6 Å². The number of carbonyl (C=O) groups is 2. The molecule has 1 heterocycles. The van der Waals surface area contributed by atoms with Gasteiger partial charge in [-0.25, -0.2) is 4.98 Å². The summed E-state index contributed by atoms with van der Waals surface area (Å²) in [5.41, 5.74) is -1.15. The maximum atomic E-state index is 13.1. The average Bonchev–Trinajstić information content (AvgIpc) is 2.61. The molecule has 1 aliphatic carbocycles. The Morgan fingerprint density at radius 1 is 1.04 bits per heavy atom. The van der Waals surface area contributed by atoms with E-state index in [4.69, 9.17) is 11.6 Å². The van der Waals surface area contributed by atoms with Crippen molar-refractivity contribution in [1.29, 1.82) is 0 Å². The minimum absolute atomic E-state index is 0.00220. The number of nitro benzene ring substituents is 1. The molecule has 1 aromatic heterocycles. The Balaban J connectivity index is 2.25. The normalized spacial score (nSPS) is 12.8. The summed E-state index contributed by atoms with van der Waals surface area (Å²) < 4.78 is 0. The minimum Gasteiger partial charge on any atom is -0.506 e. The van der Waals surface area contributed by atoms with Crippen molar-refractivity contribution in [3.63, 3.8) is 0 Å². The molecule has 128 valence electrons. The molecule has 0 unspecified atom stereocenters. The molecule has 0 spiro atoms. The van der Waals surface area contributed by atoms with Gasteiger partial charge < -0.3 is 5.11 Å². The summed E-state index contributed by atoms with van der Waals surface area (Å²) in [6.07, 6.45) is 1.34. The molecule has 0 saturated heterocycles. The molecule has 1 aliphatic rings. The monoisotopic (exact) mass is 368 g/mol. The fourth-order valence-electron chi connectivity index (χ4n) is 3.37. The topological polar surface area (TPSA) is 110 Å². The molecule has 0 bridgehead atoms. The number of nitrogens with zero attached hydrogens (tertiary/aromatic N) is 2. The molecule has 2 aromatic carbocycles. The van der Waals surface area contributed by atoms with Crippen LogP contribution in [0.1, 0.15) is 37.4 Å². The number of fused-ring (bicyclic) bond motifs is 3. The van der Waals surface area contributed by atoms with Crippen LogP contribution in [0.4, 0.5) is 5.69 Å². The number of aryl methyl sites for hydroxylation is 1. The van der Waals surface area contributed by atoms with Crippen molar-refractivity contribution in [2.75, 3.05) is 0 Å². The molecule has 8 heteroatoms. The van der Waals surface area contributed by atoms with Gasteiger partial charge in [-0.2, -0.15) is 0 Å². The highest BCUT2D eigenvalue weighted by Gasteiger charge is 2.42. The summed E-state index contributed by atoms with van der Waals surface area (Å²) >= 11 is 6.01. The molecule has 0 saturated carbocycles. The van der Waals surface area contributed by atoms with Crippen molar-refractivity contribution in [3.8, 4) is 5.75 Å². The Kier molecular flexibility index (Phi) is 3.32. The zero-order valence-corrected chi connectivity index (χ0v) is 14.0. The van der Waals surface area contributed by atoms with Crippen LogP contribution in [0, 0.1) is 17.0 Å². The second-order valence-corrected chi connectivity index (χ2v) is 6.25. The summed E-state index contributed by atoms with van der Waals surface area (Å²) in [7, 11) is 0. The van der Waals surface area contributed by atoms with Crippen LogP contribution in [0.25, 0.3) is 10.8 Å². The molecule has 0 radical (unpaired) electrons. The standard InChI is InChI=1S/C18H9ClN2O5/c1-7-6-20-18(19)13-10(7)16(23)12-11(17(13)24)14(21(25)26)8-4-2-3-5-9(8)15(12)22/h2-6,22H,1H3. The molecule has 3 aromatic rings. The first kappa shape index (κ1) is 16.2. The summed E-state index contributed by atoms with van der Waals surface area (Å²) in [6, 6.07) is 5.99. The van der Waals surface area contributed by atoms with Gasteiger partial charge in [0.2, 0.25) is 5.78 Å². The summed E-state index contributed by atoms with van der Waals surface area (Å²) in [5, 5.41) is 22.3. The smallest absolute Gasteiger partial charge is 0.289 e. The Morgan fingerprint density at radius 2 is 1.65 bits per heavy atom. The number of nitro groups is 1. The van der Waals surface area contributed by atoms with E-state index >= 15 is 0 Å². The van der Waals surface area contributed by atoms with E-state index in [1.807, 2.05) is 0 Å². The summed E-state index contributed by atoms with van der Waals surface area (Å²) in [4.78, 5) is 41.0. The second-order valence-electron chi connectivity index (χ2n) is 5.89. The lowest BCUT2D eigenvalue weighted by Gasteiger charge is -2.21. The number of carbonyl (C=O) groups excluding carboxylic acids is 2. The van der Waals surface area contributed by atoms with Crippen LogP contribution in [0.5, 0.6) is 5.75 Å². The lowest BCUT2D eigenvalue weighted by Crippen LogP contribution is -2.24. The molecular weight excluding hydrogens is 360 g/mol. The molecule has 7 nitrogen and oxygen atoms in total. The Hall–Kier alpha value is -3.32. The number of hydrogen-bond acceptors (Lipinski definition) is 6. The number of halogens is 1. The highest BCUT2D eigenvalue weighted by molar-refractivity contribution is 6.40. The molecule has 0 amide bonds. The Bertz CT molecular complexity index is 1190. The molecule has 4 rings (SSSR count). The van der Waals surface area contributed by atoms with Crippen molar-refractivity contribution in [2.45, 2.75) is 6.92 Å². The van der Waals surface area contributed by atoms with E-state index < -0.39 is 33.5 Å². The first-order chi connectivity index (χ1) is 12.3. The highest BCUT2D eigenvalue weighted by Crippen LogP contribution is 2.45. The molecule has 1 N–H and O–H groups in total. The van der Waals surface area contributed by atoms with E-state index in [-0.39, 0.29) is 32.6 Å². The fraction of sp³-hybridized carbons (Fsp3) is 0.0556. The predicted octanol–water partition coefficient (Wildman–Crippen LogP) is 3.59.